The second-order valence-corrected chi connectivity index (χ2v) is 9.74. The van der Waals surface area contributed by atoms with Crippen LogP contribution in [-0.2, 0) is 17.1 Å². The normalized spacial score (nSPS) is 17.1. The minimum absolute atomic E-state index is 0.0481. The van der Waals surface area contributed by atoms with E-state index < -0.39 is 47.3 Å². The number of rotatable bonds is 7. The third-order valence-corrected chi connectivity index (χ3v) is 6.68. The van der Waals surface area contributed by atoms with E-state index in [-0.39, 0.29) is 17.1 Å². The fraction of sp³-hybridized carbons (Fsp3) is 0.286. The SMILES string of the molecule is O=C(N[C@H](c1ccccc1)[C@H](NC(=S)Nc1cc(C(F)(F)F)cc(C(F)(F)F)c1)c1ccccc1)[C@@H]1CCCN1. The number of amides is 1. The molecule has 0 unspecified atom stereocenters. The van der Waals surface area contributed by atoms with E-state index in [1.807, 2.05) is 18.2 Å². The van der Waals surface area contributed by atoms with Crippen LogP contribution in [0.1, 0.15) is 47.2 Å². The van der Waals surface area contributed by atoms with Crippen molar-refractivity contribution >= 4 is 28.9 Å². The Labute approximate surface area is 232 Å². The van der Waals surface area contributed by atoms with Crippen molar-refractivity contribution in [3.05, 3.63) is 101 Å². The highest BCUT2D eigenvalue weighted by atomic mass is 32.1. The zero-order valence-corrected chi connectivity index (χ0v) is 21.8. The molecule has 0 spiro atoms. The fourth-order valence-electron chi connectivity index (χ4n) is 4.54. The van der Waals surface area contributed by atoms with Crippen LogP contribution in [0.15, 0.2) is 78.9 Å². The molecule has 0 bridgehead atoms. The van der Waals surface area contributed by atoms with E-state index in [4.69, 9.17) is 12.2 Å². The summed E-state index contributed by atoms with van der Waals surface area (Å²) in [6.07, 6.45) is -8.50. The van der Waals surface area contributed by atoms with Crippen LogP contribution in [-0.4, -0.2) is 23.6 Å². The molecule has 4 rings (SSSR count). The lowest BCUT2D eigenvalue weighted by atomic mass is 9.93. The average Bonchev–Trinajstić information content (AvgIpc) is 3.46. The molecule has 0 saturated carbocycles. The van der Waals surface area contributed by atoms with Gasteiger partial charge >= 0.3 is 12.4 Å². The van der Waals surface area contributed by atoms with Crippen LogP contribution in [0, 0.1) is 0 Å². The number of benzene rings is 3. The summed E-state index contributed by atoms with van der Waals surface area (Å²) in [5, 5.41) is 11.5. The van der Waals surface area contributed by atoms with Crippen molar-refractivity contribution in [3.8, 4) is 0 Å². The largest absolute Gasteiger partial charge is 0.416 e. The van der Waals surface area contributed by atoms with Crippen LogP contribution in [0.25, 0.3) is 0 Å². The first-order valence-electron chi connectivity index (χ1n) is 12.4. The van der Waals surface area contributed by atoms with Gasteiger partial charge in [0.1, 0.15) is 0 Å². The average molecular weight is 581 g/mol. The standard InChI is InChI=1S/C28H26F6N4OS/c29-27(30,31)19-14-20(28(32,33)34)16-21(15-19)36-26(40)38-24(18-10-5-2-6-11-18)23(17-8-3-1-4-9-17)37-25(39)22-12-7-13-35-22/h1-6,8-11,14-16,22-24,35H,7,12-13H2,(H,37,39)(H2,36,38,40)/t22-,23+,24+/m0/s1. The van der Waals surface area contributed by atoms with E-state index in [2.05, 4.69) is 21.3 Å². The van der Waals surface area contributed by atoms with Crippen LogP contribution in [0.4, 0.5) is 32.0 Å². The van der Waals surface area contributed by atoms with Crippen LogP contribution in [0.3, 0.4) is 0 Å². The van der Waals surface area contributed by atoms with Crippen LogP contribution >= 0.6 is 12.2 Å². The number of carbonyl (C=O) groups is 1. The van der Waals surface area contributed by atoms with Crippen molar-refractivity contribution in [1.82, 2.24) is 16.0 Å². The first-order chi connectivity index (χ1) is 18.9. The Hall–Kier alpha value is -3.64. The number of hydrogen-bond donors (Lipinski definition) is 4. The second-order valence-electron chi connectivity index (χ2n) is 9.33. The maximum absolute atomic E-state index is 13.4. The Morgan fingerprint density at radius 3 is 1.75 bits per heavy atom. The third kappa shape index (κ3) is 7.51. The summed E-state index contributed by atoms with van der Waals surface area (Å²) in [6, 6.07) is 17.3. The highest BCUT2D eigenvalue weighted by molar-refractivity contribution is 7.80. The molecule has 3 atom stereocenters. The molecule has 40 heavy (non-hydrogen) atoms. The monoisotopic (exact) mass is 580 g/mol. The molecule has 0 radical (unpaired) electrons. The van der Waals surface area contributed by atoms with E-state index in [9.17, 15) is 31.1 Å². The number of anilines is 1. The zero-order valence-electron chi connectivity index (χ0n) is 20.9. The molecular weight excluding hydrogens is 554 g/mol. The van der Waals surface area contributed by atoms with Gasteiger partial charge in [-0.2, -0.15) is 26.3 Å². The molecule has 0 aromatic heterocycles. The van der Waals surface area contributed by atoms with Gasteiger partial charge in [0, 0.05) is 5.69 Å². The summed E-state index contributed by atoms with van der Waals surface area (Å²) in [5.74, 6) is -0.236. The molecule has 1 amide bonds. The quantitative estimate of drug-likeness (QED) is 0.194. The Morgan fingerprint density at radius 1 is 0.800 bits per heavy atom. The Balaban J connectivity index is 1.66. The molecular formula is C28H26F6N4OS. The number of halogens is 6. The Kier molecular flexibility index (Phi) is 8.99. The highest BCUT2D eigenvalue weighted by Crippen LogP contribution is 2.38. The summed E-state index contributed by atoms with van der Waals surface area (Å²) < 4.78 is 80.2. The van der Waals surface area contributed by atoms with Crippen molar-refractivity contribution in [2.75, 3.05) is 11.9 Å². The minimum Gasteiger partial charge on any atom is -0.353 e. The van der Waals surface area contributed by atoms with Gasteiger partial charge in [-0.15, -0.1) is 0 Å². The number of carbonyl (C=O) groups excluding carboxylic acids is 1. The predicted octanol–water partition coefficient (Wildman–Crippen LogP) is 6.36. The summed E-state index contributed by atoms with van der Waals surface area (Å²) in [6.45, 7) is 0.708. The first-order valence-corrected chi connectivity index (χ1v) is 12.8. The molecule has 3 aromatic carbocycles. The van der Waals surface area contributed by atoms with E-state index >= 15 is 0 Å². The van der Waals surface area contributed by atoms with E-state index in [1.54, 1.807) is 42.5 Å². The topological polar surface area (TPSA) is 65.2 Å². The molecule has 1 saturated heterocycles. The van der Waals surface area contributed by atoms with Gasteiger partial charge in [0.15, 0.2) is 5.11 Å². The number of hydrogen-bond acceptors (Lipinski definition) is 3. The van der Waals surface area contributed by atoms with Crippen molar-refractivity contribution < 1.29 is 31.1 Å². The van der Waals surface area contributed by atoms with E-state index in [1.165, 1.54) is 0 Å². The molecule has 5 nitrogen and oxygen atoms in total. The zero-order chi connectivity index (χ0) is 28.9. The van der Waals surface area contributed by atoms with Gasteiger partial charge < -0.3 is 21.3 Å². The summed E-state index contributed by atoms with van der Waals surface area (Å²) in [7, 11) is 0. The van der Waals surface area contributed by atoms with Gasteiger partial charge in [-0.3, -0.25) is 4.79 Å². The molecule has 3 aromatic rings. The smallest absolute Gasteiger partial charge is 0.353 e. The highest BCUT2D eigenvalue weighted by Gasteiger charge is 2.37. The fourth-order valence-corrected chi connectivity index (χ4v) is 4.78. The number of thiocarbonyl (C=S) groups is 1. The third-order valence-electron chi connectivity index (χ3n) is 6.46. The van der Waals surface area contributed by atoms with Gasteiger partial charge in [0.25, 0.3) is 0 Å². The van der Waals surface area contributed by atoms with Crippen molar-refractivity contribution in [1.29, 1.82) is 0 Å². The lowest BCUT2D eigenvalue weighted by molar-refractivity contribution is -0.143. The van der Waals surface area contributed by atoms with Gasteiger partial charge in [0.05, 0.1) is 29.3 Å². The predicted molar refractivity (Wildman–Crippen MR) is 143 cm³/mol. The van der Waals surface area contributed by atoms with Crippen molar-refractivity contribution in [3.63, 3.8) is 0 Å². The van der Waals surface area contributed by atoms with Crippen LogP contribution < -0.4 is 21.3 Å². The van der Waals surface area contributed by atoms with E-state index in [0.717, 1.165) is 12.0 Å². The second kappa shape index (κ2) is 12.3. The van der Waals surface area contributed by atoms with Crippen molar-refractivity contribution in [2.24, 2.45) is 0 Å². The molecule has 212 valence electrons. The van der Waals surface area contributed by atoms with Gasteiger partial charge in [0.2, 0.25) is 5.91 Å². The minimum atomic E-state index is -5.00. The molecule has 4 N–H and O–H groups in total. The summed E-state index contributed by atoms with van der Waals surface area (Å²) in [4.78, 5) is 13.1. The van der Waals surface area contributed by atoms with Gasteiger partial charge in [-0.05, 0) is 60.9 Å². The maximum atomic E-state index is 13.4. The Morgan fingerprint density at radius 2 is 1.30 bits per heavy atom. The molecule has 1 heterocycles. The van der Waals surface area contributed by atoms with E-state index in [0.29, 0.717) is 30.7 Å². The molecule has 1 aliphatic rings. The van der Waals surface area contributed by atoms with Crippen molar-refractivity contribution in [2.45, 2.75) is 43.3 Å². The lowest BCUT2D eigenvalue weighted by Gasteiger charge is -2.32. The first kappa shape index (κ1) is 29.3. The molecule has 1 aliphatic heterocycles. The number of alkyl halides is 6. The van der Waals surface area contributed by atoms with Crippen LogP contribution in [0.5, 0.6) is 0 Å². The van der Waals surface area contributed by atoms with Gasteiger partial charge in [-0.1, -0.05) is 60.7 Å². The van der Waals surface area contributed by atoms with Crippen LogP contribution in [0.2, 0.25) is 0 Å². The Bertz CT molecular complexity index is 1280. The maximum Gasteiger partial charge on any atom is 0.416 e. The molecule has 12 heteroatoms. The summed E-state index contributed by atoms with van der Waals surface area (Å²) >= 11 is 5.37. The molecule has 0 aliphatic carbocycles. The molecule has 1 fully saturated rings. The summed E-state index contributed by atoms with van der Waals surface area (Å²) in [5.41, 5.74) is -2.02. The number of nitrogens with one attached hydrogen (secondary N) is 4. The van der Waals surface area contributed by atoms with Gasteiger partial charge in [-0.25, -0.2) is 0 Å². The lowest BCUT2D eigenvalue weighted by Crippen LogP contribution is -2.47.